The van der Waals surface area contributed by atoms with Crippen molar-refractivity contribution in [1.82, 2.24) is 15.5 Å². The normalized spacial score (nSPS) is 24.4. The minimum atomic E-state index is -1.34. The van der Waals surface area contributed by atoms with Crippen LogP contribution in [0.1, 0.15) is 99.6 Å². The van der Waals surface area contributed by atoms with Crippen LogP contribution in [0.2, 0.25) is 0 Å². The Kier molecular flexibility index (Phi) is 8.69. The Labute approximate surface area is 251 Å². The highest BCUT2D eigenvalue weighted by molar-refractivity contribution is 5.75. The fourth-order valence-corrected chi connectivity index (χ4v) is 8.03. The van der Waals surface area contributed by atoms with Crippen molar-refractivity contribution >= 4 is 6.03 Å². The topological polar surface area (TPSA) is 64.6 Å². The van der Waals surface area contributed by atoms with Gasteiger partial charge in [-0.3, -0.25) is 4.90 Å². The largest absolute Gasteiger partial charge is 0.378 e. The number of aliphatic hydroxyl groups is 1. The molecule has 5 heteroatoms. The third-order valence-electron chi connectivity index (χ3n) is 10.2. The summed E-state index contributed by atoms with van der Waals surface area (Å²) in [5.41, 5.74) is 3.37. The van der Waals surface area contributed by atoms with Crippen molar-refractivity contribution < 1.29 is 9.90 Å². The average molecular weight is 566 g/mol. The van der Waals surface area contributed by atoms with E-state index >= 15 is 0 Å². The molecule has 2 fully saturated rings. The van der Waals surface area contributed by atoms with Gasteiger partial charge >= 0.3 is 6.03 Å². The van der Waals surface area contributed by atoms with Crippen LogP contribution in [0.15, 0.2) is 84.9 Å². The molecule has 222 valence electrons. The first kappa shape index (κ1) is 28.9. The van der Waals surface area contributed by atoms with Crippen LogP contribution in [-0.4, -0.2) is 34.7 Å². The molecule has 2 aliphatic heterocycles. The number of urea groups is 1. The molecule has 0 radical (unpaired) electrons. The van der Waals surface area contributed by atoms with Gasteiger partial charge in [0.15, 0.2) is 0 Å². The number of nitrogens with one attached hydrogen (secondary N) is 2. The van der Waals surface area contributed by atoms with Crippen LogP contribution < -0.4 is 10.6 Å². The second-order valence-corrected chi connectivity index (χ2v) is 13.3. The first-order valence-corrected chi connectivity index (χ1v) is 16.2. The van der Waals surface area contributed by atoms with Crippen LogP contribution >= 0.6 is 0 Å². The van der Waals surface area contributed by atoms with Crippen LogP contribution in [0.4, 0.5) is 4.79 Å². The summed E-state index contributed by atoms with van der Waals surface area (Å²) in [6.07, 6.45) is 8.86. The monoisotopic (exact) mass is 565 g/mol. The lowest BCUT2D eigenvalue weighted by atomic mass is 9.77. The van der Waals surface area contributed by atoms with E-state index in [0.29, 0.717) is 24.4 Å². The molecule has 3 atom stereocenters. The smallest absolute Gasteiger partial charge is 0.315 e. The van der Waals surface area contributed by atoms with E-state index in [1.54, 1.807) is 11.1 Å². The molecule has 1 aliphatic carbocycles. The van der Waals surface area contributed by atoms with Gasteiger partial charge in [-0.25, -0.2) is 4.79 Å². The number of nitrogens with zero attached hydrogens (tertiary/aromatic N) is 1. The standard InChI is InChI=1S/C37H47N3O2/c1-26(2)25-35(37(42,28-11-5-3-6-12-28)29-13-7-4-8-14-29)39-36(41)38-30-19-17-27(18-20-30)23-24-40-33-21-22-34(40)32-16-10-9-15-31(32)33/h3-16,26-27,30,33-35,42H,17-25H2,1-2H3,(H2,38,39,41)/t27-,30-,33-,34+,35-/m0/s1. The summed E-state index contributed by atoms with van der Waals surface area (Å²) in [6.45, 7) is 5.45. The number of hydrogen-bond acceptors (Lipinski definition) is 3. The number of fused-ring (bicyclic) bond motifs is 5. The molecule has 0 spiro atoms. The SMILES string of the molecule is CC(C)C[C@H](NC(=O)N[C@H]1CC[C@H](CCN2[C@@H]3CC[C@H]2c2ccccc23)CC1)C(O)(c1ccccc1)c1ccccc1. The maximum Gasteiger partial charge on any atom is 0.315 e. The molecule has 0 aromatic heterocycles. The summed E-state index contributed by atoms with van der Waals surface area (Å²) in [6, 6.07) is 29.3. The lowest BCUT2D eigenvalue weighted by Crippen LogP contribution is -2.56. The number of carbonyl (C=O) groups is 1. The van der Waals surface area contributed by atoms with Gasteiger partial charge in [0.25, 0.3) is 0 Å². The highest BCUT2D eigenvalue weighted by Gasteiger charge is 2.44. The zero-order valence-corrected chi connectivity index (χ0v) is 25.2. The zero-order valence-electron chi connectivity index (χ0n) is 25.2. The molecule has 0 unspecified atom stereocenters. The Balaban J connectivity index is 1.05. The molecule has 2 amide bonds. The molecule has 3 aromatic rings. The molecule has 6 rings (SSSR count). The van der Waals surface area contributed by atoms with Gasteiger partial charge in [0.1, 0.15) is 5.60 Å². The summed E-state index contributed by atoms with van der Waals surface area (Å²) in [7, 11) is 0. The molecule has 2 bridgehead atoms. The van der Waals surface area contributed by atoms with Gasteiger partial charge in [-0.1, -0.05) is 98.8 Å². The Morgan fingerprint density at radius 1 is 0.810 bits per heavy atom. The van der Waals surface area contributed by atoms with Crippen molar-refractivity contribution in [3.63, 3.8) is 0 Å². The molecule has 42 heavy (non-hydrogen) atoms. The summed E-state index contributed by atoms with van der Waals surface area (Å²) < 4.78 is 0. The number of amides is 2. The summed E-state index contributed by atoms with van der Waals surface area (Å²) in [5.74, 6) is 1.02. The first-order chi connectivity index (χ1) is 20.4. The molecule has 2 heterocycles. The molecular weight excluding hydrogens is 518 g/mol. The Bertz CT molecular complexity index is 1250. The fourth-order valence-electron chi connectivity index (χ4n) is 8.03. The zero-order chi connectivity index (χ0) is 29.1. The predicted molar refractivity (Wildman–Crippen MR) is 169 cm³/mol. The van der Waals surface area contributed by atoms with Crippen molar-refractivity contribution in [2.24, 2.45) is 11.8 Å². The minimum Gasteiger partial charge on any atom is -0.378 e. The van der Waals surface area contributed by atoms with Crippen LogP contribution in [0.25, 0.3) is 0 Å². The number of benzene rings is 3. The third-order valence-corrected chi connectivity index (χ3v) is 10.2. The van der Waals surface area contributed by atoms with Crippen molar-refractivity contribution in [2.75, 3.05) is 6.54 Å². The Hall–Kier alpha value is -3.15. The van der Waals surface area contributed by atoms with E-state index in [0.717, 1.165) is 42.7 Å². The third kappa shape index (κ3) is 5.87. The van der Waals surface area contributed by atoms with Gasteiger partial charge in [0, 0.05) is 18.1 Å². The number of hydrogen-bond donors (Lipinski definition) is 3. The van der Waals surface area contributed by atoms with Crippen LogP contribution in [0.3, 0.4) is 0 Å². The van der Waals surface area contributed by atoms with Crippen LogP contribution in [-0.2, 0) is 5.60 Å². The van der Waals surface area contributed by atoms with Gasteiger partial charge in [-0.05, 0) is 92.0 Å². The summed E-state index contributed by atoms with van der Waals surface area (Å²) in [5, 5.41) is 18.9. The van der Waals surface area contributed by atoms with E-state index in [4.69, 9.17) is 0 Å². The summed E-state index contributed by atoms with van der Waals surface area (Å²) >= 11 is 0. The Morgan fingerprint density at radius 2 is 1.33 bits per heavy atom. The number of rotatable bonds is 10. The van der Waals surface area contributed by atoms with Crippen molar-refractivity contribution in [3.8, 4) is 0 Å². The van der Waals surface area contributed by atoms with Crippen molar-refractivity contribution in [1.29, 1.82) is 0 Å². The van der Waals surface area contributed by atoms with Crippen molar-refractivity contribution in [3.05, 3.63) is 107 Å². The molecule has 1 saturated heterocycles. The lowest BCUT2D eigenvalue weighted by Gasteiger charge is -2.39. The van der Waals surface area contributed by atoms with Crippen LogP contribution in [0, 0.1) is 11.8 Å². The molecule has 5 nitrogen and oxygen atoms in total. The average Bonchev–Trinajstić information content (AvgIpc) is 3.57. The Morgan fingerprint density at radius 3 is 1.86 bits per heavy atom. The highest BCUT2D eigenvalue weighted by atomic mass is 16.3. The van der Waals surface area contributed by atoms with Crippen LogP contribution in [0.5, 0.6) is 0 Å². The molecule has 1 saturated carbocycles. The number of carbonyl (C=O) groups excluding carboxylic acids is 1. The molecule has 3 N–H and O–H groups in total. The van der Waals surface area contributed by atoms with Crippen molar-refractivity contribution in [2.45, 2.75) is 95.0 Å². The summed E-state index contributed by atoms with van der Waals surface area (Å²) in [4.78, 5) is 16.2. The lowest BCUT2D eigenvalue weighted by molar-refractivity contribution is 0.0327. The molecule has 3 aliphatic rings. The van der Waals surface area contributed by atoms with Gasteiger partial charge in [0.2, 0.25) is 0 Å². The molecular formula is C37H47N3O2. The van der Waals surface area contributed by atoms with E-state index in [2.05, 4.69) is 53.6 Å². The second-order valence-electron chi connectivity index (χ2n) is 13.3. The van der Waals surface area contributed by atoms with E-state index in [1.165, 1.54) is 25.8 Å². The van der Waals surface area contributed by atoms with Gasteiger partial charge < -0.3 is 15.7 Å². The van der Waals surface area contributed by atoms with Gasteiger partial charge in [-0.15, -0.1) is 0 Å². The maximum atomic E-state index is 13.4. The minimum absolute atomic E-state index is 0.176. The van der Waals surface area contributed by atoms with E-state index in [-0.39, 0.29) is 12.1 Å². The highest BCUT2D eigenvalue weighted by Crippen LogP contribution is 2.53. The fraction of sp³-hybridized carbons (Fsp3) is 0.486. The quantitative estimate of drug-likeness (QED) is 0.239. The van der Waals surface area contributed by atoms with Gasteiger partial charge in [0.05, 0.1) is 6.04 Å². The van der Waals surface area contributed by atoms with E-state index < -0.39 is 11.6 Å². The van der Waals surface area contributed by atoms with E-state index in [1.807, 2.05) is 60.7 Å². The predicted octanol–water partition coefficient (Wildman–Crippen LogP) is 7.48. The first-order valence-electron chi connectivity index (χ1n) is 16.2. The molecule has 3 aromatic carbocycles. The van der Waals surface area contributed by atoms with Gasteiger partial charge in [-0.2, -0.15) is 0 Å². The maximum absolute atomic E-state index is 13.4. The van der Waals surface area contributed by atoms with E-state index in [9.17, 15) is 9.90 Å². The second kappa shape index (κ2) is 12.6.